The van der Waals surface area contributed by atoms with Crippen LogP contribution in [0.3, 0.4) is 0 Å². The van der Waals surface area contributed by atoms with E-state index in [1.807, 2.05) is 0 Å². The van der Waals surface area contributed by atoms with Gasteiger partial charge in [0, 0.05) is 22.9 Å². The van der Waals surface area contributed by atoms with Crippen LogP contribution in [0.2, 0.25) is 0 Å². The predicted octanol–water partition coefficient (Wildman–Crippen LogP) is 1.84. The Morgan fingerprint density at radius 2 is 1.57 bits per heavy atom. The first-order valence-electron chi connectivity index (χ1n) is 10.8. The Balaban J connectivity index is 1.97. The number of carbonyl (C=O) groups is 3. The number of rotatable bonds is 10. The fraction of sp³-hybridized carbons (Fsp3) is 0.148. The Morgan fingerprint density at radius 1 is 0.914 bits per heavy atom. The second kappa shape index (κ2) is 10.6. The highest BCUT2D eigenvalue weighted by molar-refractivity contribution is 6.06. The first kappa shape index (κ1) is 25.2. The van der Waals surface area contributed by atoms with Crippen LogP contribution in [0.5, 0.6) is 0 Å². The molecule has 0 saturated heterocycles. The predicted molar refractivity (Wildman–Crippen MR) is 126 cm³/mol. The summed E-state index contributed by atoms with van der Waals surface area (Å²) in [6.07, 6.45) is 2.44. The van der Waals surface area contributed by atoms with Crippen molar-refractivity contribution < 1.29 is 29.0 Å². The van der Waals surface area contributed by atoms with Gasteiger partial charge in [-0.15, -0.1) is 0 Å². The van der Waals surface area contributed by atoms with E-state index in [9.17, 15) is 29.0 Å². The number of nitrogen functional groups attached to an aromatic ring is 2. The number of benzene rings is 3. The molecule has 0 aliphatic rings. The smallest absolute Gasteiger partial charge is 0.185 e. The molecule has 0 heterocycles. The van der Waals surface area contributed by atoms with Crippen molar-refractivity contribution in [2.45, 2.75) is 24.7 Å². The van der Waals surface area contributed by atoms with E-state index in [4.69, 9.17) is 11.5 Å². The summed E-state index contributed by atoms with van der Waals surface area (Å²) >= 11 is 0. The molecule has 3 aromatic carbocycles. The molecule has 0 saturated carbocycles. The lowest BCUT2D eigenvalue weighted by molar-refractivity contribution is -0.313. The number of aliphatic carboxylic acids is 2. The Labute approximate surface area is 201 Å². The van der Waals surface area contributed by atoms with Crippen LogP contribution in [0.4, 0.5) is 15.8 Å². The molecule has 0 bridgehead atoms. The Bertz CT molecular complexity index is 1270. The van der Waals surface area contributed by atoms with Crippen molar-refractivity contribution in [2.75, 3.05) is 11.5 Å². The lowest BCUT2D eigenvalue weighted by atomic mass is 9.70. The number of hydrogen-bond donors (Lipinski definition) is 2. The molecule has 0 fully saturated rings. The number of anilines is 2. The van der Waals surface area contributed by atoms with Gasteiger partial charge in [0.2, 0.25) is 0 Å². The van der Waals surface area contributed by atoms with Crippen LogP contribution >= 0.6 is 0 Å². The summed E-state index contributed by atoms with van der Waals surface area (Å²) in [6, 6.07) is 15.9. The number of hydrogen-bond acceptors (Lipinski definition) is 7. The van der Waals surface area contributed by atoms with Crippen molar-refractivity contribution >= 4 is 35.2 Å². The van der Waals surface area contributed by atoms with E-state index < -0.39 is 23.2 Å². The molecule has 0 spiro atoms. The van der Waals surface area contributed by atoms with Gasteiger partial charge in [-0.25, -0.2) is 4.39 Å². The minimum atomic E-state index is -1.74. The highest BCUT2D eigenvalue weighted by Gasteiger charge is 2.37. The van der Waals surface area contributed by atoms with Gasteiger partial charge >= 0.3 is 0 Å². The van der Waals surface area contributed by atoms with Gasteiger partial charge in [0.25, 0.3) is 0 Å². The zero-order chi connectivity index (χ0) is 25.6. The number of carboxylic acids is 2. The Kier molecular flexibility index (Phi) is 7.66. The summed E-state index contributed by atoms with van der Waals surface area (Å²) in [5.74, 6) is -3.51. The van der Waals surface area contributed by atoms with Gasteiger partial charge in [0.1, 0.15) is 5.82 Å². The molecule has 0 aliphatic carbocycles. The third kappa shape index (κ3) is 5.73. The first-order valence-corrected chi connectivity index (χ1v) is 10.8. The average molecular weight is 474 g/mol. The van der Waals surface area contributed by atoms with Crippen molar-refractivity contribution in [3.8, 4) is 0 Å². The molecule has 0 aromatic heterocycles. The monoisotopic (exact) mass is 474 g/mol. The van der Waals surface area contributed by atoms with E-state index in [1.54, 1.807) is 30.3 Å². The van der Waals surface area contributed by atoms with E-state index in [0.29, 0.717) is 22.4 Å². The Hall–Kier alpha value is -4.46. The number of halogens is 1. The molecule has 1 atom stereocenters. The summed E-state index contributed by atoms with van der Waals surface area (Å²) in [5, 5.41) is 23.5. The third-order valence-corrected chi connectivity index (χ3v) is 5.78. The average Bonchev–Trinajstić information content (AvgIpc) is 2.81. The van der Waals surface area contributed by atoms with Gasteiger partial charge < -0.3 is 31.3 Å². The largest absolute Gasteiger partial charge is 0.550 e. The SMILES string of the molecule is Nc1ccc(C(CCCC(=O)[O-])(C(=O)[O-])c2ccc(/C=C/C(=O)c3ccc(F)cc3)cc2)c(N)c1. The molecule has 3 aromatic rings. The molecule has 1 unspecified atom stereocenters. The minimum absolute atomic E-state index is 0.00789. The maximum Gasteiger partial charge on any atom is 0.185 e. The van der Waals surface area contributed by atoms with E-state index in [1.165, 1.54) is 48.5 Å². The molecule has 3 rings (SSSR count). The zero-order valence-corrected chi connectivity index (χ0v) is 18.7. The molecular formula is C27H23FN2O5-2. The van der Waals surface area contributed by atoms with Crippen LogP contribution in [0.25, 0.3) is 6.08 Å². The lowest BCUT2D eigenvalue weighted by Gasteiger charge is -2.37. The molecule has 0 amide bonds. The van der Waals surface area contributed by atoms with Crippen molar-refractivity contribution in [3.63, 3.8) is 0 Å². The second-order valence-corrected chi connectivity index (χ2v) is 8.09. The van der Waals surface area contributed by atoms with Crippen LogP contribution in [-0.4, -0.2) is 17.7 Å². The fourth-order valence-electron chi connectivity index (χ4n) is 3.99. The van der Waals surface area contributed by atoms with Crippen LogP contribution in [0.15, 0.2) is 72.8 Å². The van der Waals surface area contributed by atoms with Gasteiger partial charge in [-0.1, -0.05) is 36.4 Å². The molecule has 35 heavy (non-hydrogen) atoms. The van der Waals surface area contributed by atoms with E-state index >= 15 is 0 Å². The molecule has 8 heteroatoms. The summed E-state index contributed by atoms with van der Waals surface area (Å²) < 4.78 is 13.1. The van der Waals surface area contributed by atoms with Crippen LogP contribution in [0, 0.1) is 5.82 Å². The maximum atomic E-state index is 13.1. The quantitative estimate of drug-likeness (QED) is 0.259. The highest BCUT2D eigenvalue weighted by atomic mass is 19.1. The molecule has 180 valence electrons. The van der Waals surface area contributed by atoms with Crippen LogP contribution in [-0.2, 0) is 15.0 Å². The van der Waals surface area contributed by atoms with E-state index in [-0.39, 0.29) is 36.3 Å². The van der Waals surface area contributed by atoms with E-state index in [2.05, 4.69) is 0 Å². The minimum Gasteiger partial charge on any atom is -0.550 e. The number of ketones is 1. The van der Waals surface area contributed by atoms with Crippen molar-refractivity contribution in [2.24, 2.45) is 0 Å². The van der Waals surface area contributed by atoms with Crippen molar-refractivity contribution in [3.05, 3.63) is 101 Å². The maximum absolute atomic E-state index is 13.1. The lowest BCUT2D eigenvalue weighted by Crippen LogP contribution is -2.47. The standard InChI is InChI=1S/C27H25FN2O5/c28-20-10-6-18(7-11-20)24(31)14-5-17-3-8-19(9-4-17)27(26(34)35,15-1-2-25(32)33)22-13-12-21(29)16-23(22)30/h3-14,16H,1-2,15,29-30H2,(H,32,33)(H,34,35)/p-2/b14-5+. The summed E-state index contributed by atoms with van der Waals surface area (Å²) in [7, 11) is 0. The second-order valence-electron chi connectivity index (χ2n) is 8.09. The van der Waals surface area contributed by atoms with Crippen molar-refractivity contribution in [1.29, 1.82) is 0 Å². The number of allylic oxidation sites excluding steroid dienone is 1. The molecule has 4 N–H and O–H groups in total. The molecule has 0 radical (unpaired) electrons. The van der Waals surface area contributed by atoms with Crippen LogP contribution < -0.4 is 21.7 Å². The third-order valence-electron chi connectivity index (χ3n) is 5.78. The number of carbonyl (C=O) groups excluding carboxylic acids is 3. The number of nitrogens with two attached hydrogens (primary N) is 2. The van der Waals surface area contributed by atoms with Gasteiger partial charge in [0.15, 0.2) is 5.78 Å². The topological polar surface area (TPSA) is 149 Å². The summed E-state index contributed by atoms with van der Waals surface area (Å²) in [6.45, 7) is 0. The summed E-state index contributed by atoms with van der Waals surface area (Å²) in [5.41, 5.74) is 12.1. The normalized spacial score (nSPS) is 12.8. The Morgan fingerprint density at radius 3 is 2.14 bits per heavy atom. The molecular weight excluding hydrogens is 451 g/mol. The highest BCUT2D eigenvalue weighted by Crippen LogP contribution is 2.40. The number of carboxylic acid groups (broad SMARTS) is 2. The van der Waals surface area contributed by atoms with Crippen molar-refractivity contribution in [1.82, 2.24) is 0 Å². The van der Waals surface area contributed by atoms with Gasteiger partial charge in [-0.3, -0.25) is 4.79 Å². The first-order chi connectivity index (χ1) is 16.6. The zero-order valence-electron chi connectivity index (χ0n) is 18.7. The van der Waals surface area contributed by atoms with Gasteiger partial charge in [-0.05, 0) is 78.4 Å². The van der Waals surface area contributed by atoms with Gasteiger partial charge in [0.05, 0.1) is 11.4 Å². The van der Waals surface area contributed by atoms with E-state index in [0.717, 1.165) is 0 Å². The summed E-state index contributed by atoms with van der Waals surface area (Å²) in [4.78, 5) is 35.8. The fourth-order valence-corrected chi connectivity index (χ4v) is 3.99. The molecule has 0 aliphatic heterocycles. The van der Waals surface area contributed by atoms with Gasteiger partial charge in [-0.2, -0.15) is 0 Å². The van der Waals surface area contributed by atoms with Crippen LogP contribution in [0.1, 0.15) is 46.3 Å². The molecule has 7 nitrogen and oxygen atoms in total.